The summed E-state index contributed by atoms with van der Waals surface area (Å²) >= 11 is 0. The molecule has 2 aliphatic rings. The topological polar surface area (TPSA) is 73.0 Å². The monoisotopic (exact) mass is 460 g/mol. The second-order valence-electron chi connectivity index (χ2n) is 8.48. The lowest BCUT2D eigenvalue weighted by Crippen LogP contribution is -2.44. The first-order valence-electron chi connectivity index (χ1n) is 10.9. The largest absolute Gasteiger partial charge is 0.369 e. The number of piperidine rings is 1. The lowest BCUT2D eigenvalue weighted by atomic mass is 9.98. The van der Waals surface area contributed by atoms with Crippen LogP contribution in [0.1, 0.15) is 12.8 Å². The minimum Gasteiger partial charge on any atom is -0.369 e. The van der Waals surface area contributed by atoms with Gasteiger partial charge in [-0.15, -0.1) is 0 Å². The van der Waals surface area contributed by atoms with Crippen LogP contribution in [0.3, 0.4) is 0 Å². The maximum absolute atomic E-state index is 13.2. The van der Waals surface area contributed by atoms with Gasteiger partial charge in [0.1, 0.15) is 5.82 Å². The van der Waals surface area contributed by atoms with Gasteiger partial charge in [-0.25, -0.2) is 12.8 Å². The highest BCUT2D eigenvalue weighted by Crippen LogP contribution is 2.26. The van der Waals surface area contributed by atoms with Gasteiger partial charge < -0.3 is 15.1 Å². The molecule has 1 amide bonds. The number of benzene rings is 2. The number of piperazine rings is 1. The Bertz CT molecular complexity index is 1040. The molecule has 0 bridgehead atoms. The first-order valence-corrected chi connectivity index (χ1v) is 12.4. The molecule has 7 nitrogen and oxygen atoms in total. The van der Waals surface area contributed by atoms with Crippen molar-refractivity contribution in [3.8, 4) is 0 Å². The van der Waals surface area contributed by atoms with Crippen molar-refractivity contribution in [3.63, 3.8) is 0 Å². The van der Waals surface area contributed by atoms with E-state index in [-0.39, 0.29) is 17.3 Å². The highest BCUT2D eigenvalue weighted by molar-refractivity contribution is 7.89. The Kier molecular flexibility index (Phi) is 6.78. The molecule has 2 saturated heterocycles. The molecule has 0 spiro atoms. The van der Waals surface area contributed by atoms with Crippen LogP contribution in [0.5, 0.6) is 0 Å². The molecule has 0 unspecified atom stereocenters. The average molecular weight is 461 g/mol. The number of nitrogens with zero attached hydrogens (tertiary/aromatic N) is 3. The number of carbonyl (C=O) groups excluding carboxylic acids is 1. The molecule has 0 saturated carbocycles. The van der Waals surface area contributed by atoms with Crippen LogP contribution in [0, 0.1) is 11.7 Å². The van der Waals surface area contributed by atoms with Crippen LogP contribution in [0.15, 0.2) is 53.4 Å². The average Bonchev–Trinajstić information content (AvgIpc) is 2.80. The van der Waals surface area contributed by atoms with E-state index in [2.05, 4.69) is 22.2 Å². The van der Waals surface area contributed by atoms with E-state index in [1.54, 1.807) is 0 Å². The fourth-order valence-corrected chi connectivity index (χ4v) is 5.72. The summed E-state index contributed by atoms with van der Waals surface area (Å²) in [6.07, 6.45) is 1.22. The van der Waals surface area contributed by atoms with E-state index in [0.717, 1.165) is 44.0 Å². The van der Waals surface area contributed by atoms with Crippen LogP contribution in [-0.2, 0) is 14.8 Å². The van der Waals surface area contributed by atoms with Crippen LogP contribution in [0.25, 0.3) is 0 Å². The number of nitrogens with one attached hydrogen (secondary N) is 1. The maximum Gasteiger partial charge on any atom is 0.243 e. The number of halogens is 1. The van der Waals surface area contributed by atoms with E-state index >= 15 is 0 Å². The number of rotatable bonds is 5. The first kappa shape index (κ1) is 22.7. The second-order valence-corrected chi connectivity index (χ2v) is 10.4. The smallest absolute Gasteiger partial charge is 0.243 e. The standard InChI is InChI=1S/C23H29FN4O3S/c1-26-13-15-27(16-14-26)21-8-6-20(7-9-21)25-23(29)18-3-2-12-28(17-18)32(30,31)22-10-4-19(24)5-11-22/h4-11,18H,2-3,12-17H2,1H3,(H,25,29)/t18-/m1/s1. The van der Waals surface area contributed by atoms with E-state index < -0.39 is 21.8 Å². The fourth-order valence-electron chi connectivity index (χ4n) is 4.19. The Hall–Kier alpha value is -2.49. The van der Waals surface area contributed by atoms with Crippen molar-refractivity contribution in [2.45, 2.75) is 17.7 Å². The van der Waals surface area contributed by atoms with E-state index in [9.17, 15) is 17.6 Å². The predicted octanol–water partition coefficient (Wildman–Crippen LogP) is 2.62. The Morgan fingerprint density at radius 2 is 1.62 bits per heavy atom. The maximum atomic E-state index is 13.2. The van der Waals surface area contributed by atoms with Crippen molar-refractivity contribution in [3.05, 3.63) is 54.3 Å². The molecule has 1 atom stereocenters. The molecule has 172 valence electrons. The van der Waals surface area contributed by atoms with Gasteiger partial charge >= 0.3 is 0 Å². The lowest BCUT2D eigenvalue weighted by molar-refractivity contribution is -0.120. The van der Waals surface area contributed by atoms with Crippen molar-refractivity contribution in [2.24, 2.45) is 5.92 Å². The molecule has 2 fully saturated rings. The van der Waals surface area contributed by atoms with E-state index in [1.807, 2.05) is 24.3 Å². The van der Waals surface area contributed by atoms with Gasteiger partial charge in [-0.2, -0.15) is 4.31 Å². The molecule has 2 aliphatic heterocycles. The van der Waals surface area contributed by atoms with Gasteiger partial charge in [0.25, 0.3) is 0 Å². The molecule has 2 aromatic rings. The summed E-state index contributed by atoms with van der Waals surface area (Å²) in [5, 5.41) is 2.93. The molecule has 9 heteroatoms. The highest BCUT2D eigenvalue weighted by atomic mass is 32.2. The van der Waals surface area contributed by atoms with Gasteiger partial charge in [0.2, 0.25) is 15.9 Å². The summed E-state index contributed by atoms with van der Waals surface area (Å²) in [5.74, 6) is -1.11. The quantitative estimate of drug-likeness (QED) is 0.743. The number of carbonyl (C=O) groups is 1. The van der Waals surface area contributed by atoms with Crippen molar-refractivity contribution >= 4 is 27.3 Å². The van der Waals surface area contributed by atoms with Crippen molar-refractivity contribution in [2.75, 3.05) is 56.5 Å². The van der Waals surface area contributed by atoms with Gasteiger partial charge in [0, 0.05) is 50.6 Å². The Balaban J connectivity index is 1.37. The summed E-state index contributed by atoms with van der Waals surface area (Å²) < 4.78 is 40.3. The molecule has 0 radical (unpaired) electrons. The molecular weight excluding hydrogens is 431 g/mol. The molecule has 2 aromatic carbocycles. The van der Waals surface area contributed by atoms with E-state index in [0.29, 0.717) is 25.1 Å². The SMILES string of the molecule is CN1CCN(c2ccc(NC(=O)[C@@H]3CCCN(S(=O)(=O)c4ccc(F)cc4)C3)cc2)CC1. The fraction of sp³-hybridized carbons (Fsp3) is 0.435. The normalized spacial score (nSPS) is 20.8. The number of anilines is 2. The molecule has 2 heterocycles. The second kappa shape index (κ2) is 9.56. The van der Waals surface area contributed by atoms with Gasteiger partial charge in [-0.05, 0) is 68.4 Å². The third-order valence-corrected chi connectivity index (χ3v) is 8.09. The van der Waals surface area contributed by atoms with Crippen LogP contribution in [0.2, 0.25) is 0 Å². The van der Waals surface area contributed by atoms with Gasteiger partial charge in [0.05, 0.1) is 10.8 Å². The van der Waals surface area contributed by atoms with Crippen LogP contribution in [0.4, 0.5) is 15.8 Å². The molecule has 0 aromatic heterocycles. The van der Waals surface area contributed by atoms with Crippen molar-refractivity contribution in [1.82, 2.24) is 9.21 Å². The summed E-state index contributed by atoms with van der Waals surface area (Å²) in [6, 6.07) is 12.6. The number of amides is 1. The van der Waals surface area contributed by atoms with Gasteiger partial charge in [0.15, 0.2) is 0 Å². The summed E-state index contributed by atoms with van der Waals surface area (Å²) in [4.78, 5) is 17.5. The Morgan fingerprint density at radius 3 is 2.28 bits per heavy atom. The van der Waals surface area contributed by atoms with Crippen LogP contribution < -0.4 is 10.2 Å². The molecule has 1 N–H and O–H groups in total. The molecule has 4 rings (SSSR count). The van der Waals surface area contributed by atoms with E-state index in [4.69, 9.17) is 0 Å². The molecule has 32 heavy (non-hydrogen) atoms. The number of likely N-dealkylation sites (N-methyl/N-ethyl adjacent to an activating group) is 1. The summed E-state index contributed by atoms with van der Waals surface area (Å²) in [5.41, 5.74) is 1.83. The number of hydrogen-bond acceptors (Lipinski definition) is 5. The first-order chi connectivity index (χ1) is 15.3. The lowest BCUT2D eigenvalue weighted by Gasteiger charge is -2.34. The van der Waals surface area contributed by atoms with Gasteiger partial charge in [-0.3, -0.25) is 4.79 Å². The van der Waals surface area contributed by atoms with Crippen LogP contribution >= 0.6 is 0 Å². The number of hydrogen-bond donors (Lipinski definition) is 1. The van der Waals surface area contributed by atoms with E-state index in [1.165, 1.54) is 16.4 Å². The van der Waals surface area contributed by atoms with Crippen molar-refractivity contribution in [1.29, 1.82) is 0 Å². The predicted molar refractivity (Wildman–Crippen MR) is 123 cm³/mol. The summed E-state index contributed by atoms with van der Waals surface area (Å²) in [6.45, 7) is 4.47. The zero-order valence-corrected chi connectivity index (χ0v) is 19.0. The molecular formula is C23H29FN4O3S. The van der Waals surface area contributed by atoms with Crippen LogP contribution in [-0.4, -0.2) is 69.8 Å². The minimum atomic E-state index is -3.76. The zero-order valence-electron chi connectivity index (χ0n) is 18.2. The zero-order chi connectivity index (χ0) is 22.7. The molecule has 0 aliphatic carbocycles. The number of sulfonamides is 1. The van der Waals surface area contributed by atoms with Gasteiger partial charge in [-0.1, -0.05) is 0 Å². The Morgan fingerprint density at radius 1 is 0.969 bits per heavy atom. The third kappa shape index (κ3) is 5.11. The Labute approximate surface area is 188 Å². The minimum absolute atomic E-state index is 0.0412. The third-order valence-electron chi connectivity index (χ3n) is 6.21. The summed E-state index contributed by atoms with van der Waals surface area (Å²) in [7, 11) is -1.64. The highest BCUT2D eigenvalue weighted by Gasteiger charge is 2.33. The van der Waals surface area contributed by atoms with Crippen molar-refractivity contribution < 1.29 is 17.6 Å².